The summed E-state index contributed by atoms with van der Waals surface area (Å²) in [6, 6.07) is 20.2. The third-order valence-electron chi connectivity index (χ3n) is 3.88. The second-order valence-electron chi connectivity index (χ2n) is 5.74. The molecule has 0 heterocycles. The average Bonchev–Trinajstić information content (AvgIpc) is 2.68. The molecule has 0 saturated heterocycles. The van der Waals surface area contributed by atoms with Crippen molar-refractivity contribution in [2.75, 3.05) is 12.4 Å². The molecule has 0 aliphatic rings. The minimum absolute atomic E-state index is 0.0941. The van der Waals surface area contributed by atoms with E-state index in [2.05, 4.69) is 5.32 Å². The Kier molecular flexibility index (Phi) is 5.97. The molecule has 0 atom stereocenters. The van der Waals surface area contributed by atoms with E-state index in [1.165, 1.54) is 6.07 Å². The fraction of sp³-hybridized carbons (Fsp3) is 0.143. The summed E-state index contributed by atoms with van der Waals surface area (Å²) in [4.78, 5) is 0. The Balaban J connectivity index is 1.68. The van der Waals surface area contributed by atoms with E-state index in [0.717, 1.165) is 16.8 Å². The zero-order valence-electron chi connectivity index (χ0n) is 14.3. The van der Waals surface area contributed by atoms with Gasteiger partial charge in [-0.2, -0.15) is 0 Å². The van der Waals surface area contributed by atoms with Gasteiger partial charge in [-0.15, -0.1) is 0 Å². The summed E-state index contributed by atoms with van der Waals surface area (Å²) in [5.41, 5.74) is 2.84. The summed E-state index contributed by atoms with van der Waals surface area (Å²) in [6.45, 7) is 1.01. The van der Waals surface area contributed by atoms with Crippen LogP contribution < -0.4 is 14.8 Å². The maximum Gasteiger partial charge on any atom is 0.162 e. The second-order valence-corrected chi connectivity index (χ2v) is 6.15. The molecule has 134 valence electrons. The van der Waals surface area contributed by atoms with Crippen molar-refractivity contribution in [3.8, 4) is 11.5 Å². The molecule has 0 amide bonds. The van der Waals surface area contributed by atoms with Crippen LogP contribution in [0, 0.1) is 5.82 Å². The van der Waals surface area contributed by atoms with Crippen LogP contribution in [0.15, 0.2) is 66.7 Å². The van der Waals surface area contributed by atoms with Crippen molar-refractivity contribution in [1.29, 1.82) is 0 Å². The molecule has 1 N–H and O–H groups in total. The van der Waals surface area contributed by atoms with Crippen LogP contribution in [0.2, 0.25) is 5.02 Å². The molecule has 3 rings (SSSR count). The van der Waals surface area contributed by atoms with Gasteiger partial charge in [0.2, 0.25) is 0 Å². The van der Waals surface area contributed by atoms with E-state index >= 15 is 0 Å². The Morgan fingerprint density at radius 2 is 1.73 bits per heavy atom. The second kappa shape index (κ2) is 8.59. The summed E-state index contributed by atoms with van der Waals surface area (Å²) < 4.78 is 24.5. The van der Waals surface area contributed by atoms with E-state index in [1.54, 1.807) is 19.2 Å². The predicted molar refractivity (Wildman–Crippen MR) is 103 cm³/mol. The first-order valence-electron chi connectivity index (χ1n) is 8.18. The highest BCUT2D eigenvalue weighted by Gasteiger charge is 2.07. The van der Waals surface area contributed by atoms with Crippen LogP contribution >= 0.6 is 11.6 Å². The van der Waals surface area contributed by atoms with Gasteiger partial charge in [-0.25, -0.2) is 4.39 Å². The molecule has 3 aromatic carbocycles. The number of nitrogens with one attached hydrogen (secondary N) is 1. The van der Waals surface area contributed by atoms with Crippen molar-refractivity contribution >= 4 is 17.3 Å². The summed E-state index contributed by atoms with van der Waals surface area (Å²) in [5, 5.41) is 3.31. The van der Waals surface area contributed by atoms with E-state index < -0.39 is 5.82 Å². The number of benzene rings is 3. The summed E-state index contributed by atoms with van der Waals surface area (Å²) in [5.74, 6) is 0.917. The Hall–Kier alpha value is -2.72. The third-order valence-corrected chi connectivity index (χ3v) is 4.17. The van der Waals surface area contributed by atoms with Gasteiger partial charge < -0.3 is 14.8 Å². The molecule has 0 aliphatic heterocycles. The van der Waals surface area contributed by atoms with Crippen LogP contribution in [0.1, 0.15) is 11.1 Å². The van der Waals surface area contributed by atoms with Gasteiger partial charge in [0.25, 0.3) is 0 Å². The number of methoxy groups -OCH3 is 1. The Labute approximate surface area is 157 Å². The highest BCUT2D eigenvalue weighted by molar-refractivity contribution is 6.31. The summed E-state index contributed by atoms with van der Waals surface area (Å²) in [7, 11) is 1.61. The van der Waals surface area contributed by atoms with Gasteiger partial charge in [0.15, 0.2) is 11.5 Å². The van der Waals surface area contributed by atoms with Crippen molar-refractivity contribution in [3.05, 3.63) is 88.7 Å². The average molecular weight is 372 g/mol. The number of hydrogen-bond acceptors (Lipinski definition) is 3. The minimum Gasteiger partial charge on any atom is -0.493 e. The first kappa shape index (κ1) is 18.1. The van der Waals surface area contributed by atoms with E-state index in [9.17, 15) is 4.39 Å². The maximum atomic E-state index is 13.2. The van der Waals surface area contributed by atoms with Crippen LogP contribution in [0.3, 0.4) is 0 Å². The van der Waals surface area contributed by atoms with Crippen LogP contribution in [0.25, 0.3) is 0 Å². The quantitative estimate of drug-likeness (QED) is 0.579. The lowest BCUT2D eigenvalue weighted by Gasteiger charge is -2.13. The molecule has 0 saturated carbocycles. The molecular weight excluding hydrogens is 353 g/mol. The number of hydrogen-bond donors (Lipinski definition) is 1. The van der Waals surface area contributed by atoms with Gasteiger partial charge in [-0.05, 0) is 41.5 Å². The number of anilines is 1. The lowest BCUT2D eigenvalue weighted by atomic mass is 10.2. The van der Waals surface area contributed by atoms with Crippen LogP contribution in [-0.4, -0.2) is 7.11 Å². The fourth-order valence-electron chi connectivity index (χ4n) is 2.49. The van der Waals surface area contributed by atoms with E-state index in [4.69, 9.17) is 21.1 Å². The molecule has 26 heavy (non-hydrogen) atoms. The molecule has 0 bridgehead atoms. The summed E-state index contributed by atoms with van der Waals surface area (Å²) in [6.07, 6.45) is 0. The normalized spacial score (nSPS) is 10.4. The van der Waals surface area contributed by atoms with Crippen LogP contribution in [-0.2, 0) is 13.2 Å². The van der Waals surface area contributed by atoms with Gasteiger partial charge in [0.05, 0.1) is 12.1 Å². The number of halogens is 2. The molecule has 0 spiro atoms. The van der Waals surface area contributed by atoms with E-state index in [1.807, 2.05) is 48.5 Å². The Morgan fingerprint density at radius 1 is 0.923 bits per heavy atom. The Morgan fingerprint density at radius 3 is 2.46 bits per heavy atom. The number of rotatable bonds is 7. The lowest BCUT2D eigenvalue weighted by molar-refractivity contribution is 0.284. The molecule has 3 nitrogen and oxygen atoms in total. The van der Waals surface area contributed by atoms with Gasteiger partial charge in [-0.3, -0.25) is 0 Å². The first-order chi connectivity index (χ1) is 12.7. The molecule has 0 aromatic heterocycles. The molecule has 3 aromatic rings. The van der Waals surface area contributed by atoms with Gasteiger partial charge in [0.1, 0.15) is 12.4 Å². The van der Waals surface area contributed by atoms with Crippen molar-refractivity contribution in [1.82, 2.24) is 0 Å². The smallest absolute Gasteiger partial charge is 0.162 e. The minimum atomic E-state index is -0.432. The molecule has 0 unspecified atom stereocenters. The molecule has 0 fully saturated rings. The molecular formula is C21H19ClFNO2. The number of ether oxygens (including phenoxy) is 2. The van der Waals surface area contributed by atoms with E-state index in [0.29, 0.717) is 24.7 Å². The predicted octanol–water partition coefficient (Wildman–Crippen LogP) is 5.68. The van der Waals surface area contributed by atoms with Gasteiger partial charge >= 0.3 is 0 Å². The zero-order valence-corrected chi connectivity index (χ0v) is 15.1. The highest BCUT2D eigenvalue weighted by Crippen LogP contribution is 2.29. The van der Waals surface area contributed by atoms with Crippen molar-refractivity contribution < 1.29 is 13.9 Å². The van der Waals surface area contributed by atoms with Crippen molar-refractivity contribution in [2.24, 2.45) is 0 Å². The standard InChI is InChI=1S/C21H19ClFNO2/c1-25-20-10-7-16(13-24-17-8-9-19(23)18(22)12-17)11-21(20)26-14-15-5-3-2-4-6-15/h2-12,24H,13-14H2,1H3. The van der Waals surface area contributed by atoms with Gasteiger partial charge in [-0.1, -0.05) is 48.0 Å². The largest absolute Gasteiger partial charge is 0.493 e. The monoisotopic (exact) mass is 371 g/mol. The Bertz CT molecular complexity index is 871. The molecule has 0 aliphatic carbocycles. The molecule has 0 radical (unpaired) electrons. The van der Waals surface area contributed by atoms with E-state index in [-0.39, 0.29) is 5.02 Å². The maximum absolute atomic E-state index is 13.2. The lowest BCUT2D eigenvalue weighted by Crippen LogP contribution is -2.02. The topological polar surface area (TPSA) is 30.5 Å². The SMILES string of the molecule is COc1ccc(CNc2ccc(F)c(Cl)c2)cc1OCc1ccccc1. The third kappa shape index (κ3) is 4.67. The fourth-order valence-corrected chi connectivity index (χ4v) is 2.67. The zero-order chi connectivity index (χ0) is 18.4. The van der Waals surface area contributed by atoms with Crippen molar-refractivity contribution in [2.45, 2.75) is 13.2 Å². The highest BCUT2D eigenvalue weighted by atomic mass is 35.5. The first-order valence-corrected chi connectivity index (χ1v) is 8.56. The van der Waals surface area contributed by atoms with Crippen molar-refractivity contribution in [3.63, 3.8) is 0 Å². The van der Waals surface area contributed by atoms with Crippen LogP contribution in [0.4, 0.5) is 10.1 Å². The summed E-state index contributed by atoms with van der Waals surface area (Å²) >= 11 is 5.81. The van der Waals surface area contributed by atoms with Crippen LogP contribution in [0.5, 0.6) is 11.5 Å². The van der Waals surface area contributed by atoms with Gasteiger partial charge in [0, 0.05) is 12.2 Å². The molecule has 5 heteroatoms.